The Morgan fingerprint density at radius 3 is 2.00 bits per heavy atom. The van der Waals surface area contributed by atoms with E-state index >= 15 is 0 Å². The standard InChI is InChI=1S/C16H13NO3S/c1-11(21-12-7-3-2-4-8-12)20-17-15(18)13-9-5-6-10-14(13)16(17)19/h2-11H,1H3/t11-/m0/s1. The van der Waals surface area contributed by atoms with Gasteiger partial charge in [0.2, 0.25) is 0 Å². The van der Waals surface area contributed by atoms with Crippen molar-refractivity contribution >= 4 is 23.6 Å². The molecule has 3 rings (SSSR count). The molecule has 0 bridgehead atoms. The summed E-state index contributed by atoms with van der Waals surface area (Å²) < 4.78 is 0. The van der Waals surface area contributed by atoms with Crippen LogP contribution in [0.1, 0.15) is 27.6 Å². The van der Waals surface area contributed by atoms with E-state index in [4.69, 9.17) is 4.84 Å². The highest BCUT2D eigenvalue weighted by atomic mass is 32.2. The summed E-state index contributed by atoms with van der Waals surface area (Å²) in [6, 6.07) is 16.4. The van der Waals surface area contributed by atoms with Crippen LogP contribution in [0.2, 0.25) is 0 Å². The third-order valence-electron chi connectivity index (χ3n) is 3.06. The SMILES string of the molecule is C[C@@H](ON1C(=O)c2ccccc2C1=O)Sc1ccccc1. The molecule has 1 aliphatic rings. The summed E-state index contributed by atoms with van der Waals surface area (Å²) in [5.41, 5.74) is 0.424. The average Bonchev–Trinajstić information content (AvgIpc) is 2.74. The lowest BCUT2D eigenvalue weighted by Gasteiger charge is -2.18. The number of fused-ring (bicyclic) bond motifs is 1. The van der Waals surface area contributed by atoms with Crippen LogP contribution in [0.25, 0.3) is 0 Å². The Morgan fingerprint density at radius 2 is 1.43 bits per heavy atom. The van der Waals surface area contributed by atoms with E-state index in [9.17, 15) is 9.59 Å². The summed E-state index contributed by atoms with van der Waals surface area (Å²) in [6.07, 6.45) is 0. The van der Waals surface area contributed by atoms with Crippen molar-refractivity contribution in [3.63, 3.8) is 0 Å². The Kier molecular flexibility index (Phi) is 3.77. The fraction of sp³-hybridized carbons (Fsp3) is 0.125. The number of amides is 2. The number of imide groups is 1. The van der Waals surface area contributed by atoms with Gasteiger partial charge in [0.25, 0.3) is 11.8 Å². The van der Waals surface area contributed by atoms with Gasteiger partial charge in [-0.2, -0.15) is 0 Å². The lowest BCUT2D eigenvalue weighted by molar-refractivity contribution is -0.0979. The molecule has 1 heterocycles. The van der Waals surface area contributed by atoms with Crippen LogP contribution < -0.4 is 0 Å². The van der Waals surface area contributed by atoms with Crippen LogP contribution in [0.5, 0.6) is 0 Å². The molecule has 0 aliphatic carbocycles. The summed E-state index contributed by atoms with van der Waals surface area (Å²) in [5.74, 6) is -0.813. The predicted molar refractivity (Wildman–Crippen MR) is 79.8 cm³/mol. The number of carbonyl (C=O) groups is 2. The first kappa shape index (κ1) is 13.9. The minimum absolute atomic E-state index is 0.352. The van der Waals surface area contributed by atoms with Gasteiger partial charge in [-0.05, 0) is 31.2 Å². The second-order valence-corrected chi connectivity index (χ2v) is 5.93. The molecule has 0 aromatic heterocycles. The normalized spacial score (nSPS) is 15.2. The topological polar surface area (TPSA) is 46.6 Å². The molecule has 2 aromatic rings. The zero-order chi connectivity index (χ0) is 14.8. The van der Waals surface area contributed by atoms with Crippen molar-refractivity contribution in [2.45, 2.75) is 17.3 Å². The lowest BCUT2D eigenvalue weighted by atomic mass is 10.1. The van der Waals surface area contributed by atoms with E-state index in [0.29, 0.717) is 11.1 Å². The Labute approximate surface area is 126 Å². The number of thioether (sulfide) groups is 1. The zero-order valence-corrected chi connectivity index (χ0v) is 12.2. The van der Waals surface area contributed by atoms with Gasteiger partial charge in [-0.3, -0.25) is 9.59 Å². The lowest BCUT2D eigenvalue weighted by Crippen LogP contribution is -2.32. The fourth-order valence-electron chi connectivity index (χ4n) is 2.12. The largest absolute Gasteiger partial charge is 0.285 e. The molecular formula is C16H13NO3S. The summed E-state index contributed by atoms with van der Waals surface area (Å²) in [7, 11) is 0. The van der Waals surface area contributed by atoms with Crippen molar-refractivity contribution in [2.75, 3.05) is 0 Å². The number of benzene rings is 2. The molecule has 0 unspecified atom stereocenters. The Balaban J connectivity index is 1.72. The molecule has 0 saturated carbocycles. The van der Waals surface area contributed by atoms with Crippen molar-refractivity contribution in [3.05, 3.63) is 65.7 Å². The minimum Gasteiger partial charge on any atom is -0.266 e. The summed E-state index contributed by atoms with van der Waals surface area (Å²) in [4.78, 5) is 30.9. The third kappa shape index (κ3) is 2.70. The second-order valence-electron chi connectivity index (χ2n) is 4.55. The second kappa shape index (κ2) is 5.71. The van der Waals surface area contributed by atoms with Crippen molar-refractivity contribution in [1.29, 1.82) is 0 Å². The van der Waals surface area contributed by atoms with Crippen LogP contribution >= 0.6 is 11.8 Å². The molecule has 4 nitrogen and oxygen atoms in total. The first-order chi connectivity index (χ1) is 10.2. The third-order valence-corrected chi connectivity index (χ3v) is 4.02. The molecule has 21 heavy (non-hydrogen) atoms. The number of nitrogens with zero attached hydrogens (tertiary/aromatic N) is 1. The van der Waals surface area contributed by atoms with Gasteiger partial charge in [0.1, 0.15) is 5.44 Å². The van der Waals surface area contributed by atoms with E-state index in [-0.39, 0.29) is 5.44 Å². The molecule has 5 heteroatoms. The maximum atomic E-state index is 12.2. The number of hydroxylamine groups is 2. The Morgan fingerprint density at radius 1 is 0.905 bits per heavy atom. The van der Waals surface area contributed by atoms with Gasteiger partial charge in [0, 0.05) is 4.90 Å². The van der Waals surface area contributed by atoms with Crippen LogP contribution in [-0.4, -0.2) is 22.3 Å². The van der Waals surface area contributed by atoms with E-state index in [2.05, 4.69) is 0 Å². The molecule has 0 saturated heterocycles. The number of carbonyl (C=O) groups excluding carboxylic acids is 2. The van der Waals surface area contributed by atoms with Crippen LogP contribution in [-0.2, 0) is 4.84 Å². The molecule has 0 spiro atoms. The van der Waals surface area contributed by atoms with Crippen molar-refractivity contribution in [2.24, 2.45) is 0 Å². The molecule has 106 valence electrons. The molecule has 0 N–H and O–H groups in total. The fourth-order valence-corrected chi connectivity index (χ4v) is 2.95. The van der Waals surface area contributed by atoms with Gasteiger partial charge in [-0.1, -0.05) is 42.1 Å². The molecule has 2 aromatic carbocycles. The molecule has 2 amide bonds. The Bertz CT molecular complexity index is 652. The number of hydrogen-bond donors (Lipinski definition) is 0. The number of hydrogen-bond acceptors (Lipinski definition) is 4. The molecule has 1 atom stereocenters. The molecule has 0 fully saturated rings. The van der Waals surface area contributed by atoms with E-state index in [1.54, 1.807) is 31.2 Å². The first-order valence-corrected chi connectivity index (χ1v) is 7.41. The van der Waals surface area contributed by atoms with Crippen molar-refractivity contribution in [1.82, 2.24) is 5.06 Å². The maximum Gasteiger partial charge on any atom is 0.285 e. The molecular weight excluding hydrogens is 286 g/mol. The quantitative estimate of drug-likeness (QED) is 0.493. The van der Waals surface area contributed by atoms with E-state index in [1.165, 1.54) is 11.8 Å². The highest BCUT2D eigenvalue weighted by molar-refractivity contribution is 7.99. The van der Waals surface area contributed by atoms with Crippen LogP contribution in [0.3, 0.4) is 0 Å². The van der Waals surface area contributed by atoms with Crippen LogP contribution in [0.15, 0.2) is 59.5 Å². The van der Waals surface area contributed by atoms with E-state index in [0.717, 1.165) is 9.96 Å². The van der Waals surface area contributed by atoms with Crippen LogP contribution in [0.4, 0.5) is 0 Å². The maximum absolute atomic E-state index is 12.2. The van der Waals surface area contributed by atoms with E-state index in [1.807, 2.05) is 30.3 Å². The van der Waals surface area contributed by atoms with Gasteiger partial charge in [0.15, 0.2) is 0 Å². The average molecular weight is 299 g/mol. The smallest absolute Gasteiger partial charge is 0.266 e. The van der Waals surface area contributed by atoms with E-state index < -0.39 is 11.8 Å². The molecule has 0 radical (unpaired) electrons. The van der Waals surface area contributed by atoms with Gasteiger partial charge in [0.05, 0.1) is 11.1 Å². The molecule has 1 aliphatic heterocycles. The summed E-state index contributed by atoms with van der Waals surface area (Å²) >= 11 is 1.44. The van der Waals surface area contributed by atoms with Gasteiger partial charge < -0.3 is 0 Å². The first-order valence-electron chi connectivity index (χ1n) is 6.53. The van der Waals surface area contributed by atoms with Gasteiger partial charge in [-0.15, -0.1) is 5.06 Å². The highest BCUT2D eigenvalue weighted by Crippen LogP contribution is 2.28. The van der Waals surface area contributed by atoms with Crippen LogP contribution in [0, 0.1) is 0 Å². The highest BCUT2D eigenvalue weighted by Gasteiger charge is 2.37. The minimum atomic E-state index is -0.406. The van der Waals surface area contributed by atoms with Crippen molar-refractivity contribution in [3.8, 4) is 0 Å². The Hall–Kier alpha value is -2.11. The van der Waals surface area contributed by atoms with Gasteiger partial charge in [-0.25, -0.2) is 4.84 Å². The van der Waals surface area contributed by atoms with Crippen molar-refractivity contribution < 1.29 is 14.4 Å². The number of rotatable bonds is 4. The monoisotopic (exact) mass is 299 g/mol. The predicted octanol–water partition coefficient (Wildman–Crippen LogP) is 3.35. The summed E-state index contributed by atoms with van der Waals surface area (Å²) in [6.45, 7) is 1.81. The summed E-state index contributed by atoms with van der Waals surface area (Å²) in [5, 5.41) is 0.852. The van der Waals surface area contributed by atoms with Gasteiger partial charge >= 0.3 is 0 Å². The zero-order valence-electron chi connectivity index (χ0n) is 11.4.